The summed E-state index contributed by atoms with van der Waals surface area (Å²) in [6.07, 6.45) is 0.881. The second-order valence-corrected chi connectivity index (χ2v) is 3.23. The lowest BCUT2D eigenvalue weighted by molar-refractivity contribution is -0.105. The van der Waals surface area contributed by atoms with Gasteiger partial charge in [-0.15, -0.1) is 0 Å². The van der Waals surface area contributed by atoms with Crippen molar-refractivity contribution in [2.75, 3.05) is 19.0 Å². The lowest BCUT2D eigenvalue weighted by atomic mass is 10.1. The third-order valence-corrected chi connectivity index (χ3v) is 2.11. The number of ether oxygens (including phenoxy) is 1. The van der Waals surface area contributed by atoms with Gasteiger partial charge in [0.15, 0.2) is 0 Å². The van der Waals surface area contributed by atoms with Crippen LogP contribution >= 0.6 is 0 Å². The zero-order chi connectivity index (χ0) is 12.7. The molecule has 0 aliphatic heterocycles. The summed E-state index contributed by atoms with van der Waals surface area (Å²) >= 11 is 0. The second-order valence-electron chi connectivity index (χ2n) is 3.23. The fourth-order valence-electron chi connectivity index (χ4n) is 1.25. The van der Waals surface area contributed by atoms with Crippen molar-refractivity contribution in [3.8, 4) is 0 Å². The van der Waals surface area contributed by atoms with Crippen LogP contribution in [0.25, 0.3) is 0 Å². The fourth-order valence-corrected chi connectivity index (χ4v) is 1.25. The van der Waals surface area contributed by atoms with Crippen molar-refractivity contribution >= 4 is 18.1 Å². The molecule has 1 amide bonds. The highest BCUT2D eigenvalue weighted by molar-refractivity contribution is 5.71. The first-order valence-electron chi connectivity index (χ1n) is 5.01. The Morgan fingerprint density at radius 1 is 1.65 bits per heavy atom. The minimum Gasteiger partial charge on any atom is -0.465 e. The smallest absolute Gasteiger partial charge is 0.281 e. The first kappa shape index (κ1) is 13.0. The molecule has 0 heterocycles. The molecule has 0 aromatic heterocycles. The summed E-state index contributed by atoms with van der Waals surface area (Å²) in [4.78, 5) is 13.9. The number of nitrogens with zero attached hydrogens (tertiary/aromatic N) is 1. The Labute approximate surface area is 98.5 Å². The number of nitrogens with one attached hydrogen (secondary N) is 1. The number of hydrogen-bond donors (Lipinski definition) is 2. The van der Waals surface area contributed by atoms with E-state index in [4.69, 9.17) is 10.5 Å². The summed E-state index contributed by atoms with van der Waals surface area (Å²) in [6.45, 7) is 0.227. The minimum absolute atomic E-state index is 0.0626. The van der Waals surface area contributed by atoms with Crippen LogP contribution in [0.1, 0.15) is 5.56 Å². The third kappa shape index (κ3) is 4.10. The van der Waals surface area contributed by atoms with Crippen LogP contribution in [0.4, 0.5) is 10.1 Å². The Morgan fingerprint density at radius 2 is 2.41 bits per heavy atom. The number of aliphatic imine (C=N–C) groups is 1. The molecule has 0 saturated carbocycles. The minimum atomic E-state index is -0.350. The molecular weight excluding hydrogens is 225 g/mol. The molecule has 0 saturated heterocycles. The van der Waals surface area contributed by atoms with E-state index in [2.05, 4.69) is 10.3 Å². The number of benzene rings is 1. The predicted molar refractivity (Wildman–Crippen MR) is 63.3 cm³/mol. The first-order valence-corrected chi connectivity index (χ1v) is 5.01. The van der Waals surface area contributed by atoms with E-state index >= 15 is 0 Å². The molecule has 17 heavy (non-hydrogen) atoms. The molecule has 0 fully saturated rings. The summed E-state index contributed by atoms with van der Waals surface area (Å²) in [6, 6.07) is 4.38. The van der Waals surface area contributed by atoms with Gasteiger partial charge in [0.1, 0.15) is 5.82 Å². The number of amidine groups is 1. The Morgan fingerprint density at radius 3 is 3.06 bits per heavy atom. The van der Waals surface area contributed by atoms with Crippen LogP contribution in [0, 0.1) is 5.82 Å². The maximum atomic E-state index is 13.4. The standard InChI is InChI=1S/C11H14FN3O2/c1-14-11(13)17-5-4-8-6-9(15-7-16)2-3-10(8)12/h2-3,6-7H,4-5H2,1H3,(H2,13,14)(H,15,16). The number of carbonyl (C=O) groups excluding carboxylic acids is 1. The van der Waals surface area contributed by atoms with Crippen molar-refractivity contribution < 1.29 is 13.9 Å². The topological polar surface area (TPSA) is 76.7 Å². The molecule has 0 radical (unpaired) electrons. The van der Waals surface area contributed by atoms with Crippen LogP contribution in [0.3, 0.4) is 0 Å². The lowest BCUT2D eigenvalue weighted by Gasteiger charge is -2.07. The van der Waals surface area contributed by atoms with Gasteiger partial charge < -0.3 is 15.8 Å². The van der Waals surface area contributed by atoms with Gasteiger partial charge in [0.2, 0.25) is 6.41 Å². The van der Waals surface area contributed by atoms with Crippen LogP contribution in [-0.2, 0) is 16.0 Å². The van der Waals surface area contributed by atoms with Crippen molar-refractivity contribution in [2.45, 2.75) is 6.42 Å². The Kier molecular flexibility index (Phi) is 4.93. The van der Waals surface area contributed by atoms with E-state index in [1.807, 2.05) is 0 Å². The maximum absolute atomic E-state index is 13.4. The predicted octanol–water partition coefficient (Wildman–Crippen LogP) is 0.898. The number of anilines is 1. The van der Waals surface area contributed by atoms with Gasteiger partial charge in [0.25, 0.3) is 6.02 Å². The van der Waals surface area contributed by atoms with Crippen molar-refractivity contribution in [2.24, 2.45) is 10.7 Å². The second kappa shape index (κ2) is 6.47. The van der Waals surface area contributed by atoms with E-state index in [1.54, 1.807) is 6.07 Å². The molecule has 0 unspecified atom stereocenters. The molecule has 0 atom stereocenters. The molecule has 1 aromatic rings. The number of hydrogen-bond acceptors (Lipinski definition) is 3. The van der Waals surface area contributed by atoms with Crippen LogP contribution in [0.5, 0.6) is 0 Å². The van der Waals surface area contributed by atoms with E-state index in [0.29, 0.717) is 24.1 Å². The number of halogens is 1. The molecule has 0 spiro atoms. The van der Waals surface area contributed by atoms with Crippen LogP contribution < -0.4 is 11.1 Å². The summed E-state index contributed by atoms with van der Waals surface area (Å²) in [5, 5.41) is 2.45. The highest BCUT2D eigenvalue weighted by Crippen LogP contribution is 2.14. The van der Waals surface area contributed by atoms with Gasteiger partial charge in [0.05, 0.1) is 6.61 Å². The molecule has 1 aromatic carbocycles. The van der Waals surface area contributed by atoms with Gasteiger partial charge in [-0.3, -0.25) is 4.79 Å². The maximum Gasteiger partial charge on any atom is 0.281 e. The van der Waals surface area contributed by atoms with Crippen molar-refractivity contribution in [3.63, 3.8) is 0 Å². The molecule has 3 N–H and O–H groups in total. The van der Waals surface area contributed by atoms with Gasteiger partial charge in [-0.25, -0.2) is 9.38 Å². The third-order valence-electron chi connectivity index (χ3n) is 2.11. The molecule has 5 nitrogen and oxygen atoms in total. The fraction of sp³-hybridized carbons (Fsp3) is 0.273. The van der Waals surface area contributed by atoms with Gasteiger partial charge in [-0.05, 0) is 23.8 Å². The average Bonchev–Trinajstić information content (AvgIpc) is 2.33. The molecule has 0 bridgehead atoms. The molecule has 92 valence electrons. The molecule has 6 heteroatoms. The zero-order valence-electron chi connectivity index (χ0n) is 9.44. The Hall–Kier alpha value is -2.11. The number of rotatable bonds is 5. The molecule has 0 aliphatic rings. The summed E-state index contributed by atoms with van der Waals surface area (Å²) in [7, 11) is 1.50. The summed E-state index contributed by atoms with van der Waals surface area (Å²) in [5.74, 6) is -0.350. The zero-order valence-corrected chi connectivity index (χ0v) is 9.44. The van der Waals surface area contributed by atoms with Crippen molar-refractivity contribution in [3.05, 3.63) is 29.6 Å². The van der Waals surface area contributed by atoms with Crippen molar-refractivity contribution in [1.82, 2.24) is 0 Å². The van der Waals surface area contributed by atoms with E-state index < -0.39 is 0 Å². The lowest BCUT2D eigenvalue weighted by Crippen LogP contribution is -2.17. The van der Waals surface area contributed by atoms with Crippen molar-refractivity contribution in [1.29, 1.82) is 0 Å². The number of amides is 1. The Balaban J connectivity index is 2.62. The number of nitrogens with two attached hydrogens (primary N) is 1. The molecule has 0 aliphatic carbocycles. The first-order chi connectivity index (χ1) is 8.17. The normalized spacial score (nSPS) is 11.1. The van der Waals surface area contributed by atoms with Gasteiger partial charge in [-0.1, -0.05) is 0 Å². The van der Waals surface area contributed by atoms with E-state index in [-0.39, 0.29) is 18.4 Å². The Bertz CT molecular complexity index is 421. The molecule has 1 rings (SSSR count). The molecular formula is C11H14FN3O2. The van der Waals surface area contributed by atoms with E-state index in [9.17, 15) is 9.18 Å². The SMILES string of the molecule is CN=C(N)OCCc1cc(NC=O)ccc1F. The van der Waals surface area contributed by atoms with Crippen LogP contribution in [0.15, 0.2) is 23.2 Å². The summed E-state index contributed by atoms with van der Waals surface area (Å²) in [5.41, 5.74) is 6.31. The van der Waals surface area contributed by atoms with E-state index in [1.165, 1.54) is 19.2 Å². The summed E-state index contributed by atoms with van der Waals surface area (Å²) < 4.78 is 18.4. The average molecular weight is 239 g/mol. The quantitative estimate of drug-likeness (QED) is 0.455. The highest BCUT2D eigenvalue weighted by Gasteiger charge is 2.04. The van der Waals surface area contributed by atoms with E-state index in [0.717, 1.165) is 0 Å². The monoisotopic (exact) mass is 239 g/mol. The van der Waals surface area contributed by atoms with Gasteiger partial charge in [-0.2, -0.15) is 0 Å². The van der Waals surface area contributed by atoms with Crippen LogP contribution in [0.2, 0.25) is 0 Å². The van der Waals surface area contributed by atoms with Gasteiger partial charge in [0, 0.05) is 19.2 Å². The van der Waals surface area contributed by atoms with Gasteiger partial charge >= 0.3 is 0 Å². The largest absolute Gasteiger partial charge is 0.465 e. The van der Waals surface area contributed by atoms with Crippen LogP contribution in [-0.4, -0.2) is 26.1 Å². The highest BCUT2D eigenvalue weighted by atomic mass is 19.1. The number of carbonyl (C=O) groups is 1.